The first-order valence-corrected chi connectivity index (χ1v) is 6.42. The molecule has 8 heteroatoms. The maximum absolute atomic E-state index is 11.3. The first kappa shape index (κ1) is 14.3. The van der Waals surface area contributed by atoms with E-state index in [9.17, 15) is 4.79 Å². The predicted molar refractivity (Wildman–Crippen MR) is 75.1 cm³/mol. The van der Waals surface area contributed by atoms with Gasteiger partial charge in [-0.2, -0.15) is 4.98 Å². The third-order valence-electron chi connectivity index (χ3n) is 2.33. The van der Waals surface area contributed by atoms with Crippen molar-refractivity contribution in [2.45, 2.75) is 20.4 Å². The van der Waals surface area contributed by atoms with Crippen LogP contribution in [0, 0.1) is 6.92 Å². The molecule has 2 aromatic rings. The van der Waals surface area contributed by atoms with Gasteiger partial charge in [0.25, 0.3) is 5.56 Å². The van der Waals surface area contributed by atoms with Crippen molar-refractivity contribution in [2.75, 3.05) is 11.9 Å². The van der Waals surface area contributed by atoms with Crippen LogP contribution >= 0.6 is 11.6 Å². The number of aromatic amines is 1. The number of ether oxygens (including phenoxy) is 1. The third-order valence-corrected chi connectivity index (χ3v) is 2.58. The van der Waals surface area contributed by atoms with E-state index in [2.05, 4.69) is 25.3 Å². The number of anilines is 1. The summed E-state index contributed by atoms with van der Waals surface area (Å²) >= 11 is 5.90. The van der Waals surface area contributed by atoms with Gasteiger partial charge in [-0.15, -0.1) is 0 Å². The summed E-state index contributed by atoms with van der Waals surface area (Å²) < 4.78 is 5.27. The average Bonchev–Trinajstić information content (AvgIpc) is 2.39. The Hall–Kier alpha value is -2.15. The van der Waals surface area contributed by atoms with Crippen LogP contribution in [0.3, 0.4) is 0 Å². The summed E-state index contributed by atoms with van der Waals surface area (Å²) in [5, 5.41) is 3.29. The van der Waals surface area contributed by atoms with Crippen molar-refractivity contribution in [3.63, 3.8) is 0 Å². The van der Waals surface area contributed by atoms with Crippen molar-refractivity contribution in [3.8, 4) is 5.88 Å². The van der Waals surface area contributed by atoms with E-state index in [0.29, 0.717) is 41.5 Å². The van der Waals surface area contributed by atoms with Gasteiger partial charge in [0.1, 0.15) is 10.8 Å². The zero-order chi connectivity index (χ0) is 14.5. The molecule has 0 bridgehead atoms. The number of nitrogens with zero attached hydrogens (tertiary/aromatic N) is 3. The molecule has 0 radical (unpaired) electrons. The fraction of sp³-hybridized carbons (Fsp3) is 0.333. The molecular formula is C12H14ClN5O2. The number of aromatic nitrogens is 4. The minimum atomic E-state index is -0.193. The van der Waals surface area contributed by atoms with E-state index in [0.717, 1.165) is 0 Å². The van der Waals surface area contributed by atoms with E-state index >= 15 is 0 Å². The second-order valence-corrected chi connectivity index (χ2v) is 4.37. The highest BCUT2D eigenvalue weighted by Gasteiger charge is 2.06. The minimum Gasteiger partial charge on any atom is -0.477 e. The van der Waals surface area contributed by atoms with Crippen molar-refractivity contribution in [2.24, 2.45) is 0 Å². The molecule has 0 aliphatic heterocycles. The van der Waals surface area contributed by atoms with Gasteiger partial charge in [0.05, 0.1) is 19.3 Å². The van der Waals surface area contributed by atoms with Crippen molar-refractivity contribution in [3.05, 3.63) is 39.2 Å². The molecule has 0 atom stereocenters. The summed E-state index contributed by atoms with van der Waals surface area (Å²) in [6.07, 6.45) is 1.45. The molecule has 2 aromatic heterocycles. The lowest BCUT2D eigenvalue weighted by molar-refractivity contribution is 0.327. The second-order valence-electron chi connectivity index (χ2n) is 3.97. The predicted octanol–water partition coefficient (Wildman–Crippen LogP) is 1.53. The van der Waals surface area contributed by atoms with Gasteiger partial charge in [-0.05, 0) is 13.8 Å². The van der Waals surface area contributed by atoms with E-state index in [1.807, 2.05) is 6.92 Å². The fourth-order valence-corrected chi connectivity index (χ4v) is 1.71. The summed E-state index contributed by atoms with van der Waals surface area (Å²) in [4.78, 5) is 26.3. The largest absolute Gasteiger partial charge is 0.477 e. The number of aryl methyl sites for hydroxylation is 1. The SMILES string of the molecule is CCOc1nc(NCc2nc(C)cc(=O)[nH]2)ncc1Cl. The van der Waals surface area contributed by atoms with Crippen LogP contribution in [0.2, 0.25) is 5.02 Å². The molecule has 106 valence electrons. The zero-order valence-corrected chi connectivity index (χ0v) is 11.9. The number of rotatable bonds is 5. The molecule has 2 rings (SSSR count). The molecule has 0 saturated carbocycles. The van der Waals surface area contributed by atoms with Gasteiger partial charge in [0.15, 0.2) is 0 Å². The fourth-order valence-electron chi connectivity index (χ4n) is 1.56. The summed E-state index contributed by atoms with van der Waals surface area (Å²) in [5.41, 5.74) is 0.457. The molecule has 0 aliphatic carbocycles. The monoisotopic (exact) mass is 295 g/mol. The highest BCUT2D eigenvalue weighted by Crippen LogP contribution is 2.21. The lowest BCUT2D eigenvalue weighted by Gasteiger charge is -2.08. The van der Waals surface area contributed by atoms with Crippen molar-refractivity contribution in [1.29, 1.82) is 0 Å². The van der Waals surface area contributed by atoms with Gasteiger partial charge in [0.2, 0.25) is 11.8 Å². The number of nitrogens with one attached hydrogen (secondary N) is 2. The normalized spacial score (nSPS) is 10.3. The highest BCUT2D eigenvalue weighted by molar-refractivity contribution is 6.31. The molecule has 7 nitrogen and oxygen atoms in total. The molecular weight excluding hydrogens is 282 g/mol. The van der Waals surface area contributed by atoms with Gasteiger partial charge < -0.3 is 15.0 Å². The molecule has 0 amide bonds. The number of H-pyrrole nitrogens is 1. The minimum absolute atomic E-state index is 0.193. The van der Waals surface area contributed by atoms with Crippen molar-refractivity contribution >= 4 is 17.5 Å². The van der Waals surface area contributed by atoms with Gasteiger partial charge in [-0.25, -0.2) is 9.97 Å². The van der Waals surface area contributed by atoms with E-state index in [-0.39, 0.29) is 5.56 Å². The Morgan fingerprint density at radius 2 is 2.25 bits per heavy atom. The maximum atomic E-state index is 11.3. The van der Waals surface area contributed by atoms with Gasteiger partial charge in [0, 0.05) is 11.8 Å². The quantitative estimate of drug-likeness (QED) is 0.869. The summed E-state index contributed by atoms with van der Waals surface area (Å²) in [6.45, 7) is 4.35. The molecule has 0 saturated heterocycles. The molecule has 0 fully saturated rings. The molecule has 0 spiro atoms. The van der Waals surface area contributed by atoms with Crippen LogP contribution in [0.1, 0.15) is 18.4 Å². The number of hydrogen-bond donors (Lipinski definition) is 2. The van der Waals surface area contributed by atoms with Gasteiger partial charge >= 0.3 is 0 Å². The average molecular weight is 296 g/mol. The molecule has 0 aliphatic rings. The Kier molecular flexibility index (Phi) is 4.52. The summed E-state index contributed by atoms with van der Waals surface area (Å²) in [6, 6.07) is 1.43. The molecule has 0 aromatic carbocycles. The third kappa shape index (κ3) is 3.67. The lowest BCUT2D eigenvalue weighted by Crippen LogP contribution is -2.15. The second kappa shape index (κ2) is 6.33. The number of hydrogen-bond acceptors (Lipinski definition) is 6. The van der Waals surface area contributed by atoms with E-state index in [1.165, 1.54) is 12.3 Å². The Labute approximate surface area is 120 Å². The maximum Gasteiger partial charge on any atom is 0.251 e. The van der Waals surface area contributed by atoms with Crippen molar-refractivity contribution < 1.29 is 4.74 Å². The first-order chi connectivity index (χ1) is 9.58. The Balaban J connectivity index is 2.10. The molecule has 0 unspecified atom stereocenters. The van der Waals surface area contributed by atoms with Gasteiger partial charge in [-0.3, -0.25) is 4.79 Å². The van der Waals surface area contributed by atoms with E-state index < -0.39 is 0 Å². The molecule has 2 heterocycles. The Bertz CT molecular complexity index is 659. The van der Waals surface area contributed by atoms with Crippen LogP contribution < -0.4 is 15.6 Å². The highest BCUT2D eigenvalue weighted by atomic mass is 35.5. The lowest BCUT2D eigenvalue weighted by atomic mass is 10.4. The van der Waals surface area contributed by atoms with Crippen LogP contribution in [0.15, 0.2) is 17.1 Å². The van der Waals surface area contributed by atoms with Crippen molar-refractivity contribution in [1.82, 2.24) is 19.9 Å². The van der Waals surface area contributed by atoms with Crippen LogP contribution in [-0.2, 0) is 6.54 Å². The van der Waals surface area contributed by atoms with Gasteiger partial charge in [-0.1, -0.05) is 11.6 Å². The van der Waals surface area contributed by atoms with Crippen LogP contribution in [0.25, 0.3) is 0 Å². The van der Waals surface area contributed by atoms with Crippen LogP contribution in [-0.4, -0.2) is 26.5 Å². The zero-order valence-electron chi connectivity index (χ0n) is 11.1. The van der Waals surface area contributed by atoms with E-state index in [1.54, 1.807) is 6.92 Å². The summed E-state index contributed by atoms with van der Waals surface area (Å²) in [5.74, 6) is 1.17. The topological polar surface area (TPSA) is 92.8 Å². The van der Waals surface area contributed by atoms with Crippen LogP contribution in [0.5, 0.6) is 5.88 Å². The Morgan fingerprint density at radius 1 is 1.45 bits per heavy atom. The van der Waals surface area contributed by atoms with E-state index in [4.69, 9.17) is 16.3 Å². The molecule has 2 N–H and O–H groups in total. The van der Waals surface area contributed by atoms with Crippen LogP contribution in [0.4, 0.5) is 5.95 Å². The number of halogens is 1. The smallest absolute Gasteiger partial charge is 0.251 e. The first-order valence-electron chi connectivity index (χ1n) is 6.04. The summed E-state index contributed by atoms with van der Waals surface area (Å²) in [7, 11) is 0. The molecule has 20 heavy (non-hydrogen) atoms. The Morgan fingerprint density at radius 3 is 2.95 bits per heavy atom. The standard InChI is InChI=1S/C12H14ClN5O2/c1-3-20-11-8(13)5-14-12(18-11)15-6-9-16-7(2)4-10(19)17-9/h4-5H,3,6H2,1-2H3,(H,14,15,18)(H,16,17,19).